The van der Waals surface area contributed by atoms with Gasteiger partial charge in [0.1, 0.15) is 0 Å². The Morgan fingerprint density at radius 3 is 2.62 bits per heavy atom. The molecule has 6 heteroatoms. The van der Waals surface area contributed by atoms with E-state index in [-0.39, 0.29) is 6.61 Å². The SMILES string of the molecule is Cc1ccccc1CN1CCN(Cc2cccn2-c2ncccn2)C[C@H]1CCO. The molecule has 29 heavy (non-hydrogen) atoms. The van der Waals surface area contributed by atoms with Crippen LogP contribution in [0.1, 0.15) is 23.2 Å². The first-order valence-electron chi connectivity index (χ1n) is 10.3. The van der Waals surface area contributed by atoms with Crippen LogP contribution in [0.2, 0.25) is 0 Å². The number of aliphatic hydroxyl groups is 1. The molecule has 1 aliphatic heterocycles. The average molecular weight is 392 g/mol. The average Bonchev–Trinajstić information content (AvgIpc) is 3.20. The maximum absolute atomic E-state index is 9.63. The summed E-state index contributed by atoms with van der Waals surface area (Å²) in [5.41, 5.74) is 3.89. The summed E-state index contributed by atoms with van der Waals surface area (Å²) in [5, 5.41) is 9.63. The van der Waals surface area contributed by atoms with Crippen molar-refractivity contribution in [3.8, 4) is 5.95 Å². The Balaban J connectivity index is 1.44. The van der Waals surface area contributed by atoms with Gasteiger partial charge in [0.2, 0.25) is 5.95 Å². The Morgan fingerprint density at radius 1 is 1.00 bits per heavy atom. The fraction of sp³-hybridized carbons (Fsp3) is 0.391. The summed E-state index contributed by atoms with van der Waals surface area (Å²) in [6, 6.07) is 15.0. The molecule has 1 N–H and O–H groups in total. The van der Waals surface area contributed by atoms with Crippen molar-refractivity contribution in [3.05, 3.63) is 77.9 Å². The van der Waals surface area contributed by atoms with Crippen LogP contribution < -0.4 is 0 Å². The van der Waals surface area contributed by atoms with Crippen LogP contribution in [0, 0.1) is 6.92 Å². The third-order valence-corrected chi connectivity index (χ3v) is 5.77. The lowest BCUT2D eigenvalue weighted by molar-refractivity contribution is 0.0490. The van der Waals surface area contributed by atoms with Gasteiger partial charge in [-0.2, -0.15) is 0 Å². The molecule has 0 bridgehead atoms. The summed E-state index contributed by atoms with van der Waals surface area (Å²) in [6.45, 7) is 7.15. The molecule has 1 saturated heterocycles. The highest BCUT2D eigenvalue weighted by molar-refractivity contribution is 5.25. The van der Waals surface area contributed by atoms with E-state index in [1.54, 1.807) is 12.4 Å². The topological polar surface area (TPSA) is 57.4 Å². The molecular weight excluding hydrogens is 362 g/mol. The van der Waals surface area contributed by atoms with E-state index in [1.807, 2.05) is 18.3 Å². The first kappa shape index (κ1) is 19.8. The van der Waals surface area contributed by atoms with E-state index in [0.29, 0.717) is 12.0 Å². The van der Waals surface area contributed by atoms with Crippen LogP contribution in [-0.2, 0) is 13.1 Å². The van der Waals surface area contributed by atoms with Gasteiger partial charge in [0.15, 0.2) is 0 Å². The van der Waals surface area contributed by atoms with Crippen molar-refractivity contribution in [3.63, 3.8) is 0 Å². The van der Waals surface area contributed by atoms with Crippen LogP contribution in [0.15, 0.2) is 61.1 Å². The highest BCUT2D eigenvalue weighted by atomic mass is 16.3. The van der Waals surface area contributed by atoms with E-state index in [2.05, 4.69) is 61.6 Å². The zero-order valence-corrected chi connectivity index (χ0v) is 17.0. The molecule has 0 amide bonds. The lowest BCUT2D eigenvalue weighted by atomic mass is 10.0. The van der Waals surface area contributed by atoms with Crippen molar-refractivity contribution >= 4 is 0 Å². The molecule has 3 heterocycles. The predicted octanol–water partition coefficient (Wildman–Crippen LogP) is 2.64. The molecule has 6 nitrogen and oxygen atoms in total. The Morgan fingerprint density at radius 2 is 1.83 bits per heavy atom. The van der Waals surface area contributed by atoms with Gasteiger partial charge in [-0.3, -0.25) is 14.4 Å². The van der Waals surface area contributed by atoms with Crippen molar-refractivity contribution in [2.45, 2.75) is 32.5 Å². The summed E-state index contributed by atoms with van der Waals surface area (Å²) >= 11 is 0. The van der Waals surface area contributed by atoms with Crippen molar-refractivity contribution < 1.29 is 5.11 Å². The van der Waals surface area contributed by atoms with Crippen LogP contribution in [0.25, 0.3) is 5.95 Å². The van der Waals surface area contributed by atoms with E-state index in [4.69, 9.17) is 0 Å². The second kappa shape index (κ2) is 9.31. The molecule has 0 spiro atoms. The van der Waals surface area contributed by atoms with E-state index in [1.165, 1.54) is 16.8 Å². The molecule has 0 radical (unpaired) electrons. The molecule has 0 saturated carbocycles. The Hall–Kier alpha value is -2.54. The van der Waals surface area contributed by atoms with Gasteiger partial charge in [-0.1, -0.05) is 24.3 Å². The summed E-state index contributed by atoms with van der Waals surface area (Å²) in [4.78, 5) is 13.8. The third-order valence-electron chi connectivity index (χ3n) is 5.77. The molecule has 4 rings (SSSR count). The van der Waals surface area contributed by atoms with Gasteiger partial charge in [-0.05, 0) is 42.7 Å². The maximum atomic E-state index is 9.63. The molecule has 1 atom stereocenters. The minimum atomic E-state index is 0.219. The number of hydrogen-bond acceptors (Lipinski definition) is 5. The molecule has 1 aliphatic rings. The van der Waals surface area contributed by atoms with Gasteiger partial charge in [-0.15, -0.1) is 0 Å². The van der Waals surface area contributed by atoms with Crippen molar-refractivity contribution in [1.29, 1.82) is 0 Å². The quantitative estimate of drug-likeness (QED) is 0.671. The smallest absolute Gasteiger partial charge is 0.233 e. The Bertz CT molecular complexity index is 910. The van der Waals surface area contributed by atoms with Crippen LogP contribution in [-0.4, -0.2) is 61.7 Å². The molecule has 0 unspecified atom stereocenters. The van der Waals surface area contributed by atoms with Gasteiger partial charge in [0, 0.05) is 69.7 Å². The van der Waals surface area contributed by atoms with Crippen LogP contribution in [0.5, 0.6) is 0 Å². The van der Waals surface area contributed by atoms with Gasteiger partial charge in [-0.25, -0.2) is 9.97 Å². The number of aryl methyl sites for hydroxylation is 1. The van der Waals surface area contributed by atoms with Gasteiger partial charge < -0.3 is 5.11 Å². The zero-order valence-electron chi connectivity index (χ0n) is 17.0. The first-order valence-corrected chi connectivity index (χ1v) is 10.3. The van der Waals surface area contributed by atoms with Crippen molar-refractivity contribution in [1.82, 2.24) is 24.3 Å². The van der Waals surface area contributed by atoms with Crippen LogP contribution in [0.3, 0.4) is 0 Å². The normalized spacial score (nSPS) is 18.2. The molecule has 1 aromatic carbocycles. The second-order valence-corrected chi connectivity index (χ2v) is 7.72. The fourth-order valence-corrected chi connectivity index (χ4v) is 4.12. The van der Waals surface area contributed by atoms with Crippen molar-refractivity contribution in [2.75, 3.05) is 26.2 Å². The standard InChI is InChI=1S/C23H29N5O/c1-19-6-2-3-7-20(19)16-27-14-13-26(17-21(27)9-15-29)18-22-8-4-12-28(22)23-24-10-5-11-25-23/h2-8,10-12,21,29H,9,13-18H2,1H3/t21-/m1/s1. The minimum absolute atomic E-state index is 0.219. The van der Waals surface area contributed by atoms with Crippen LogP contribution in [0.4, 0.5) is 0 Å². The maximum Gasteiger partial charge on any atom is 0.233 e. The monoisotopic (exact) mass is 391 g/mol. The molecule has 3 aromatic rings. The number of hydrogen-bond donors (Lipinski definition) is 1. The molecule has 0 aliphatic carbocycles. The van der Waals surface area contributed by atoms with E-state index < -0.39 is 0 Å². The Labute approximate surface area is 172 Å². The summed E-state index contributed by atoms with van der Waals surface area (Å²) in [7, 11) is 0. The predicted molar refractivity (Wildman–Crippen MR) is 114 cm³/mol. The molecule has 152 valence electrons. The van der Waals surface area contributed by atoms with Gasteiger partial charge in [0.25, 0.3) is 0 Å². The van der Waals surface area contributed by atoms with Gasteiger partial charge >= 0.3 is 0 Å². The largest absolute Gasteiger partial charge is 0.396 e. The summed E-state index contributed by atoms with van der Waals surface area (Å²) < 4.78 is 2.06. The lowest BCUT2D eigenvalue weighted by Gasteiger charge is -2.41. The van der Waals surface area contributed by atoms with E-state index >= 15 is 0 Å². The fourth-order valence-electron chi connectivity index (χ4n) is 4.12. The third kappa shape index (κ3) is 4.72. The van der Waals surface area contributed by atoms with Gasteiger partial charge in [0.05, 0.1) is 0 Å². The lowest BCUT2D eigenvalue weighted by Crippen LogP contribution is -2.52. The summed E-state index contributed by atoms with van der Waals surface area (Å²) in [6.07, 6.45) is 6.36. The number of aromatic nitrogens is 3. The molecular formula is C23H29N5O. The first-order chi connectivity index (χ1) is 14.2. The van der Waals surface area contributed by atoms with Crippen LogP contribution >= 0.6 is 0 Å². The number of benzene rings is 1. The number of nitrogens with zero attached hydrogens (tertiary/aromatic N) is 5. The summed E-state index contributed by atoms with van der Waals surface area (Å²) in [5.74, 6) is 0.706. The van der Waals surface area contributed by atoms with E-state index in [0.717, 1.165) is 39.1 Å². The number of aliphatic hydroxyl groups excluding tert-OH is 1. The number of rotatable bonds is 7. The Kier molecular flexibility index (Phi) is 6.34. The molecule has 1 fully saturated rings. The second-order valence-electron chi connectivity index (χ2n) is 7.72. The minimum Gasteiger partial charge on any atom is -0.396 e. The molecule has 2 aromatic heterocycles. The number of piperazine rings is 1. The highest BCUT2D eigenvalue weighted by Gasteiger charge is 2.27. The zero-order chi connectivity index (χ0) is 20.1. The van der Waals surface area contributed by atoms with E-state index in [9.17, 15) is 5.11 Å². The highest BCUT2D eigenvalue weighted by Crippen LogP contribution is 2.20. The van der Waals surface area contributed by atoms with Crippen molar-refractivity contribution in [2.24, 2.45) is 0 Å².